The summed E-state index contributed by atoms with van der Waals surface area (Å²) in [5.41, 5.74) is 3.29. The summed E-state index contributed by atoms with van der Waals surface area (Å²) in [5.74, 6) is -0.457. The average Bonchev–Trinajstić information content (AvgIpc) is 2.76. The van der Waals surface area contributed by atoms with Gasteiger partial charge in [-0.25, -0.2) is 4.39 Å². The lowest BCUT2D eigenvalue weighted by atomic mass is 10.0. The van der Waals surface area contributed by atoms with E-state index in [2.05, 4.69) is 16.7 Å². The molecule has 2 N–H and O–H groups in total. The summed E-state index contributed by atoms with van der Waals surface area (Å²) in [6, 6.07) is 13.9. The van der Waals surface area contributed by atoms with Gasteiger partial charge in [0.2, 0.25) is 5.91 Å². The van der Waals surface area contributed by atoms with Crippen molar-refractivity contribution in [2.75, 3.05) is 10.6 Å². The molecule has 1 atom stereocenters. The van der Waals surface area contributed by atoms with E-state index in [-0.39, 0.29) is 17.8 Å². The van der Waals surface area contributed by atoms with Gasteiger partial charge in [0.25, 0.3) is 0 Å². The first-order valence-corrected chi connectivity index (χ1v) is 8.06. The monoisotopic (exact) mass is 335 g/mol. The number of hydrogen-bond donors (Lipinski definition) is 2. The zero-order valence-corrected chi connectivity index (χ0v) is 14.1. The Bertz CT molecular complexity index is 894. The number of amides is 1. The second kappa shape index (κ2) is 6.78. The Morgan fingerprint density at radius 3 is 2.64 bits per heavy atom. The molecule has 5 heteroatoms. The maximum Gasteiger partial charge on any atom is 0.226 e. The fourth-order valence-electron chi connectivity index (χ4n) is 2.90. The van der Waals surface area contributed by atoms with Crippen molar-refractivity contribution in [3.8, 4) is 6.07 Å². The molecular weight excluding hydrogens is 317 g/mol. The molecule has 0 saturated heterocycles. The summed E-state index contributed by atoms with van der Waals surface area (Å²) >= 11 is 0. The smallest absolute Gasteiger partial charge is 0.226 e. The van der Waals surface area contributed by atoms with Gasteiger partial charge in [-0.3, -0.25) is 4.79 Å². The Hall–Kier alpha value is -3.13. The zero-order chi connectivity index (χ0) is 18.0. The minimum atomic E-state index is -0.364. The zero-order valence-electron chi connectivity index (χ0n) is 14.1. The van der Waals surface area contributed by atoms with Gasteiger partial charge < -0.3 is 10.6 Å². The number of allylic oxidation sites excluding steroid dienone is 1. The second-order valence-corrected chi connectivity index (χ2v) is 6.15. The van der Waals surface area contributed by atoms with Gasteiger partial charge in [0, 0.05) is 18.0 Å². The number of nitrogens with one attached hydrogen (secondary N) is 2. The Kier molecular flexibility index (Phi) is 4.53. The summed E-state index contributed by atoms with van der Waals surface area (Å²) in [6.45, 7) is 3.59. The van der Waals surface area contributed by atoms with Crippen LogP contribution in [0.1, 0.15) is 37.0 Å². The van der Waals surface area contributed by atoms with Crippen molar-refractivity contribution in [1.29, 1.82) is 5.26 Å². The first-order chi connectivity index (χ1) is 12.0. The predicted octanol–water partition coefficient (Wildman–Crippen LogP) is 4.56. The van der Waals surface area contributed by atoms with Crippen LogP contribution in [0.25, 0.3) is 11.4 Å². The molecule has 0 fully saturated rings. The summed E-state index contributed by atoms with van der Waals surface area (Å²) in [4.78, 5) is 11.9. The molecule has 0 aromatic heterocycles. The van der Waals surface area contributed by atoms with E-state index in [1.54, 1.807) is 49.4 Å². The quantitative estimate of drug-likeness (QED) is 0.791. The number of anilines is 2. The van der Waals surface area contributed by atoms with Crippen LogP contribution in [0.3, 0.4) is 0 Å². The van der Waals surface area contributed by atoms with E-state index in [0.717, 1.165) is 0 Å². The van der Waals surface area contributed by atoms with E-state index in [4.69, 9.17) is 5.26 Å². The van der Waals surface area contributed by atoms with E-state index in [1.165, 1.54) is 0 Å². The van der Waals surface area contributed by atoms with E-state index < -0.39 is 0 Å². The van der Waals surface area contributed by atoms with Gasteiger partial charge in [0.1, 0.15) is 5.83 Å². The van der Waals surface area contributed by atoms with E-state index >= 15 is 4.39 Å². The van der Waals surface area contributed by atoms with Crippen LogP contribution in [0, 0.1) is 11.3 Å². The number of hydrogen-bond acceptors (Lipinski definition) is 3. The van der Waals surface area contributed by atoms with Gasteiger partial charge in [-0.2, -0.15) is 5.26 Å². The highest BCUT2D eigenvalue weighted by Crippen LogP contribution is 2.37. The molecule has 3 rings (SSSR count). The highest BCUT2D eigenvalue weighted by atomic mass is 19.1. The van der Waals surface area contributed by atoms with Crippen molar-refractivity contribution < 1.29 is 9.18 Å². The summed E-state index contributed by atoms with van der Waals surface area (Å²) in [5, 5.41) is 14.9. The minimum absolute atomic E-state index is 0.0922. The van der Waals surface area contributed by atoms with Gasteiger partial charge in [0.05, 0.1) is 23.0 Å². The Morgan fingerprint density at radius 1 is 1.24 bits per heavy atom. The van der Waals surface area contributed by atoms with Crippen molar-refractivity contribution in [3.63, 3.8) is 0 Å². The molecule has 2 aromatic rings. The molecule has 126 valence electrons. The van der Waals surface area contributed by atoms with Crippen LogP contribution in [-0.4, -0.2) is 11.9 Å². The van der Waals surface area contributed by atoms with Crippen LogP contribution in [0.2, 0.25) is 0 Å². The third-order valence-corrected chi connectivity index (χ3v) is 4.23. The molecule has 0 spiro atoms. The second-order valence-electron chi connectivity index (χ2n) is 6.15. The Labute approximate surface area is 146 Å². The van der Waals surface area contributed by atoms with Crippen LogP contribution in [0.5, 0.6) is 0 Å². The number of fused-ring (bicyclic) bond motifs is 1. The molecule has 0 radical (unpaired) electrons. The van der Waals surface area contributed by atoms with Gasteiger partial charge in [-0.15, -0.1) is 0 Å². The number of nitriles is 1. The number of rotatable bonds is 2. The van der Waals surface area contributed by atoms with Gasteiger partial charge in [0.15, 0.2) is 0 Å². The lowest BCUT2D eigenvalue weighted by Crippen LogP contribution is -2.19. The maximum atomic E-state index is 15.2. The number of nitrogens with zero attached hydrogens (tertiary/aromatic N) is 1. The van der Waals surface area contributed by atoms with Gasteiger partial charge >= 0.3 is 0 Å². The first-order valence-electron chi connectivity index (χ1n) is 8.06. The Morgan fingerprint density at radius 2 is 1.96 bits per heavy atom. The number of halogens is 1. The van der Waals surface area contributed by atoms with Crippen molar-refractivity contribution in [2.24, 2.45) is 0 Å². The number of carbonyl (C=O) groups is 1. The Balaban J connectivity index is 2.07. The number of para-hydroxylation sites is 1. The van der Waals surface area contributed by atoms with Gasteiger partial charge in [-0.1, -0.05) is 18.2 Å². The molecule has 1 aliphatic heterocycles. The maximum absolute atomic E-state index is 15.2. The molecule has 4 nitrogen and oxygen atoms in total. The third kappa shape index (κ3) is 3.38. The summed E-state index contributed by atoms with van der Waals surface area (Å²) < 4.78 is 15.2. The molecule has 1 aliphatic rings. The lowest BCUT2D eigenvalue weighted by Gasteiger charge is -2.16. The SMILES string of the molecule is C/C(=C(/F)c1cccc2c1N[C@H](C)CC(=O)N2)c1ccc(C#N)cc1. The topological polar surface area (TPSA) is 64.9 Å². The lowest BCUT2D eigenvalue weighted by molar-refractivity contribution is -0.116. The van der Waals surface area contributed by atoms with Crippen molar-refractivity contribution in [2.45, 2.75) is 26.3 Å². The summed E-state index contributed by atoms with van der Waals surface area (Å²) in [6.07, 6.45) is 0.327. The third-order valence-electron chi connectivity index (χ3n) is 4.23. The van der Waals surface area contributed by atoms with Crippen LogP contribution < -0.4 is 10.6 Å². The standard InChI is InChI=1S/C20H18FN3O/c1-12-10-18(25)24-17-5-3-4-16(20(17)23-12)19(21)13(2)15-8-6-14(11-22)7-9-15/h3-9,12,23H,10H2,1-2H3,(H,24,25)/b19-13-/t12-/m1/s1. The van der Waals surface area contributed by atoms with E-state index in [0.29, 0.717) is 40.1 Å². The molecule has 0 unspecified atom stereocenters. The fraction of sp³-hybridized carbons (Fsp3) is 0.200. The summed E-state index contributed by atoms with van der Waals surface area (Å²) in [7, 11) is 0. The van der Waals surface area contributed by atoms with Crippen LogP contribution in [0.4, 0.5) is 15.8 Å². The first kappa shape index (κ1) is 16.7. The molecule has 1 amide bonds. The van der Waals surface area contributed by atoms with Gasteiger partial charge in [-0.05, 0) is 49.2 Å². The van der Waals surface area contributed by atoms with Crippen LogP contribution in [0.15, 0.2) is 42.5 Å². The largest absolute Gasteiger partial charge is 0.380 e. The van der Waals surface area contributed by atoms with Crippen molar-refractivity contribution in [1.82, 2.24) is 0 Å². The fourth-order valence-corrected chi connectivity index (χ4v) is 2.90. The highest BCUT2D eigenvalue weighted by molar-refractivity contribution is 6.00. The number of benzene rings is 2. The predicted molar refractivity (Wildman–Crippen MR) is 97.5 cm³/mol. The minimum Gasteiger partial charge on any atom is -0.380 e. The van der Waals surface area contributed by atoms with Crippen molar-refractivity contribution >= 4 is 28.7 Å². The van der Waals surface area contributed by atoms with Crippen molar-refractivity contribution in [3.05, 3.63) is 59.2 Å². The molecule has 0 saturated carbocycles. The molecule has 0 bridgehead atoms. The van der Waals surface area contributed by atoms with E-state index in [9.17, 15) is 4.79 Å². The van der Waals surface area contributed by atoms with Crippen LogP contribution >= 0.6 is 0 Å². The highest BCUT2D eigenvalue weighted by Gasteiger charge is 2.22. The van der Waals surface area contributed by atoms with E-state index in [1.807, 2.05) is 6.92 Å². The molecule has 0 aliphatic carbocycles. The molecule has 2 aromatic carbocycles. The normalized spacial score (nSPS) is 17.4. The molecule has 25 heavy (non-hydrogen) atoms. The van der Waals surface area contributed by atoms with Crippen LogP contribution in [-0.2, 0) is 4.79 Å². The molecular formula is C20H18FN3O. The number of carbonyl (C=O) groups excluding carboxylic acids is 1. The molecule has 1 heterocycles. The average molecular weight is 335 g/mol.